The molecule has 0 fully saturated rings. The van der Waals surface area contributed by atoms with E-state index in [2.05, 4.69) is 15.1 Å². The molecule has 3 N–H and O–H groups in total. The van der Waals surface area contributed by atoms with Gasteiger partial charge >= 0.3 is 0 Å². The molecule has 2 aromatic heterocycles. The normalized spacial score (nSPS) is 11.8. The highest BCUT2D eigenvalue weighted by Gasteiger charge is 2.22. The highest BCUT2D eigenvalue weighted by atomic mass is 19.1. The number of nitrogens with two attached hydrogens (primary N) is 1. The highest BCUT2D eigenvalue weighted by molar-refractivity contribution is 5.98. The lowest BCUT2D eigenvalue weighted by Gasteiger charge is -2.17. The van der Waals surface area contributed by atoms with Crippen molar-refractivity contribution in [1.29, 1.82) is 0 Å². The van der Waals surface area contributed by atoms with Crippen molar-refractivity contribution in [3.63, 3.8) is 0 Å². The summed E-state index contributed by atoms with van der Waals surface area (Å²) in [6, 6.07) is 21.3. The number of phenolic OH excluding ortho intramolecular Hbond substituents is 1. The molecule has 5 rings (SSSR count). The zero-order valence-electron chi connectivity index (χ0n) is 19.8. The van der Waals surface area contributed by atoms with Gasteiger partial charge < -0.3 is 15.6 Å². The molecule has 2 heterocycles. The van der Waals surface area contributed by atoms with Gasteiger partial charge in [0.1, 0.15) is 30.1 Å². The third kappa shape index (κ3) is 4.50. The van der Waals surface area contributed by atoms with E-state index >= 15 is 0 Å². The topological polar surface area (TPSA) is 116 Å². The van der Waals surface area contributed by atoms with Gasteiger partial charge in [-0.2, -0.15) is 5.10 Å². The Balaban J connectivity index is 1.74. The molecule has 0 aliphatic carbocycles. The minimum Gasteiger partial charge on any atom is -0.505 e. The Morgan fingerprint density at radius 1 is 1.08 bits per heavy atom. The quantitative estimate of drug-likeness (QED) is 0.245. The van der Waals surface area contributed by atoms with Crippen LogP contribution in [0.5, 0.6) is 5.75 Å². The summed E-state index contributed by atoms with van der Waals surface area (Å²) in [7, 11) is 0. The molecule has 5 aromatic rings. The molecule has 0 atom stereocenters. The summed E-state index contributed by atoms with van der Waals surface area (Å²) in [5.41, 5.74) is 10.7. The Labute approximate surface area is 211 Å². The molecular formula is C28H22FN5O3. The second kappa shape index (κ2) is 9.90. The van der Waals surface area contributed by atoms with Crippen molar-refractivity contribution in [1.82, 2.24) is 19.7 Å². The van der Waals surface area contributed by atoms with Crippen LogP contribution in [0.1, 0.15) is 16.7 Å². The number of ether oxygens (including phenoxy) is 1. The van der Waals surface area contributed by atoms with Crippen LogP contribution in [-0.2, 0) is 16.1 Å². The molecule has 9 heteroatoms. The SMILES string of the molecule is Cc1ccccc1/C(=C(/Cn1nc(-c2ccc(O)c(F)c2)c2c(N)ncnc21)OC=O)c1ccccc1. The molecule has 0 spiro atoms. The number of rotatable bonds is 7. The number of phenols is 1. The van der Waals surface area contributed by atoms with E-state index < -0.39 is 11.6 Å². The van der Waals surface area contributed by atoms with Crippen LogP contribution in [0.25, 0.3) is 27.9 Å². The van der Waals surface area contributed by atoms with E-state index in [1.165, 1.54) is 23.1 Å². The number of allylic oxidation sites excluding steroid dienone is 1. The number of benzene rings is 3. The Morgan fingerprint density at radius 2 is 1.84 bits per heavy atom. The van der Waals surface area contributed by atoms with Gasteiger partial charge in [0.15, 0.2) is 17.2 Å². The van der Waals surface area contributed by atoms with E-state index in [1.807, 2.05) is 61.5 Å². The van der Waals surface area contributed by atoms with Crippen LogP contribution in [0.2, 0.25) is 0 Å². The second-order valence-electron chi connectivity index (χ2n) is 8.32. The minimum absolute atomic E-state index is 0.0187. The number of carbonyl (C=O) groups is 1. The average Bonchev–Trinajstić information content (AvgIpc) is 3.27. The molecule has 0 amide bonds. The molecule has 3 aromatic carbocycles. The van der Waals surface area contributed by atoms with Crippen molar-refractivity contribution in [2.45, 2.75) is 13.5 Å². The number of carbonyl (C=O) groups excluding carboxylic acids is 1. The van der Waals surface area contributed by atoms with Gasteiger partial charge in [0.2, 0.25) is 0 Å². The van der Waals surface area contributed by atoms with Gasteiger partial charge in [-0.3, -0.25) is 4.79 Å². The van der Waals surface area contributed by atoms with Crippen LogP contribution >= 0.6 is 0 Å². The summed E-state index contributed by atoms with van der Waals surface area (Å²) in [6.07, 6.45) is 1.31. The van der Waals surface area contributed by atoms with Gasteiger partial charge in [0, 0.05) is 11.1 Å². The van der Waals surface area contributed by atoms with Gasteiger partial charge in [0.25, 0.3) is 6.47 Å². The largest absolute Gasteiger partial charge is 0.505 e. The van der Waals surface area contributed by atoms with Gasteiger partial charge in [-0.15, -0.1) is 0 Å². The molecule has 37 heavy (non-hydrogen) atoms. The third-order valence-corrected chi connectivity index (χ3v) is 6.02. The molecule has 184 valence electrons. The van der Waals surface area contributed by atoms with Crippen LogP contribution in [0.15, 0.2) is 84.9 Å². The molecular weight excluding hydrogens is 473 g/mol. The lowest BCUT2D eigenvalue weighted by Crippen LogP contribution is -2.10. The number of nitrogens with zero attached hydrogens (tertiary/aromatic N) is 4. The van der Waals surface area contributed by atoms with E-state index in [4.69, 9.17) is 10.5 Å². The Kier molecular flexibility index (Phi) is 6.34. The first kappa shape index (κ1) is 23.7. The number of anilines is 1. The lowest BCUT2D eigenvalue weighted by atomic mass is 9.93. The van der Waals surface area contributed by atoms with Crippen molar-refractivity contribution in [2.24, 2.45) is 0 Å². The van der Waals surface area contributed by atoms with Crippen LogP contribution in [0.4, 0.5) is 10.2 Å². The van der Waals surface area contributed by atoms with E-state index in [0.717, 1.165) is 22.8 Å². The fourth-order valence-electron chi connectivity index (χ4n) is 4.29. The predicted octanol–water partition coefficient (Wildman–Crippen LogP) is 4.86. The maximum atomic E-state index is 14.2. The number of hydrogen-bond acceptors (Lipinski definition) is 7. The maximum absolute atomic E-state index is 14.2. The van der Waals surface area contributed by atoms with Crippen LogP contribution < -0.4 is 5.73 Å². The van der Waals surface area contributed by atoms with Crippen LogP contribution in [0, 0.1) is 12.7 Å². The monoisotopic (exact) mass is 495 g/mol. The standard InChI is InChI=1S/C28H22FN5O3/c1-17-7-5-6-10-20(17)24(18-8-3-2-4-9-18)23(37-16-35)14-34-28-25(27(30)31-15-32-28)26(33-34)19-11-12-22(36)21(29)13-19/h2-13,15-16,36H,14H2,1H3,(H2,30,31,32)/b24-23-. The summed E-state index contributed by atoms with van der Waals surface area (Å²) < 4.78 is 21.3. The van der Waals surface area contributed by atoms with Crippen molar-refractivity contribution in [3.8, 4) is 17.0 Å². The Hall–Kier alpha value is -5.05. The van der Waals surface area contributed by atoms with Gasteiger partial charge in [-0.1, -0.05) is 54.6 Å². The number of hydrogen-bond donors (Lipinski definition) is 2. The summed E-state index contributed by atoms with van der Waals surface area (Å²) in [4.78, 5) is 20.1. The smallest absolute Gasteiger partial charge is 0.298 e. The zero-order valence-corrected chi connectivity index (χ0v) is 19.8. The van der Waals surface area contributed by atoms with Crippen molar-refractivity contribution in [2.75, 3.05) is 5.73 Å². The fraction of sp³-hybridized carbons (Fsp3) is 0.0714. The molecule has 0 saturated heterocycles. The molecule has 0 saturated carbocycles. The van der Waals surface area contributed by atoms with Gasteiger partial charge in [-0.05, 0) is 41.8 Å². The number of nitrogen functional groups attached to an aromatic ring is 1. The average molecular weight is 496 g/mol. The highest BCUT2D eigenvalue weighted by Crippen LogP contribution is 2.34. The zero-order chi connectivity index (χ0) is 25.9. The first-order valence-electron chi connectivity index (χ1n) is 11.4. The molecule has 0 unspecified atom stereocenters. The number of fused-ring (bicyclic) bond motifs is 1. The summed E-state index contributed by atoms with van der Waals surface area (Å²) in [6.45, 7) is 2.37. The molecule has 0 aliphatic heterocycles. The first-order valence-corrected chi connectivity index (χ1v) is 11.4. The molecule has 0 bridgehead atoms. The lowest BCUT2D eigenvalue weighted by molar-refractivity contribution is -0.125. The molecule has 0 radical (unpaired) electrons. The van der Waals surface area contributed by atoms with Crippen molar-refractivity contribution in [3.05, 3.63) is 107 Å². The minimum atomic E-state index is -0.800. The number of aromatic hydroxyl groups is 1. The van der Waals surface area contributed by atoms with E-state index in [1.54, 1.807) is 0 Å². The second-order valence-corrected chi connectivity index (χ2v) is 8.32. The predicted molar refractivity (Wildman–Crippen MR) is 138 cm³/mol. The van der Waals surface area contributed by atoms with Gasteiger partial charge in [-0.25, -0.2) is 19.0 Å². The summed E-state index contributed by atoms with van der Waals surface area (Å²) >= 11 is 0. The Bertz CT molecular complexity index is 1650. The van der Waals surface area contributed by atoms with E-state index in [-0.39, 0.29) is 12.4 Å². The maximum Gasteiger partial charge on any atom is 0.298 e. The van der Waals surface area contributed by atoms with E-state index in [0.29, 0.717) is 40.1 Å². The van der Waals surface area contributed by atoms with Gasteiger partial charge in [0.05, 0.1) is 5.39 Å². The number of aromatic nitrogens is 4. The Morgan fingerprint density at radius 3 is 2.57 bits per heavy atom. The van der Waals surface area contributed by atoms with Crippen LogP contribution in [-0.4, -0.2) is 31.3 Å². The number of halogens is 1. The number of aryl methyl sites for hydroxylation is 1. The summed E-state index contributed by atoms with van der Waals surface area (Å²) in [5.74, 6) is -0.789. The third-order valence-electron chi connectivity index (χ3n) is 6.02. The van der Waals surface area contributed by atoms with Crippen molar-refractivity contribution >= 4 is 28.9 Å². The van der Waals surface area contributed by atoms with Crippen molar-refractivity contribution < 1.29 is 19.0 Å². The molecule has 8 nitrogen and oxygen atoms in total. The fourth-order valence-corrected chi connectivity index (χ4v) is 4.29. The van der Waals surface area contributed by atoms with Crippen LogP contribution in [0.3, 0.4) is 0 Å². The molecule has 0 aliphatic rings. The first-order chi connectivity index (χ1) is 18.0. The van der Waals surface area contributed by atoms with E-state index in [9.17, 15) is 14.3 Å². The summed E-state index contributed by atoms with van der Waals surface area (Å²) in [5, 5.41) is 14.7.